The predicted molar refractivity (Wildman–Crippen MR) is 71.5 cm³/mol. The van der Waals surface area contributed by atoms with Crippen LogP contribution in [0.5, 0.6) is 0 Å². The smallest absolute Gasteiger partial charge is 0.330 e. The van der Waals surface area contributed by atoms with Crippen LogP contribution < -0.4 is 5.32 Å². The molecule has 0 unspecified atom stereocenters. The zero-order valence-electron chi connectivity index (χ0n) is 11.1. The first-order valence-electron chi connectivity index (χ1n) is 5.87. The summed E-state index contributed by atoms with van der Waals surface area (Å²) in [6.45, 7) is 3.44. The average molecular weight is 260 g/mol. The van der Waals surface area contributed by atoms with Crippen molar-refractivity contribution in [1.82, 2.24) is 15.2 Å². The molecule has 2 rings (SSSR count). The lowest BCUT2D eigenvalue weighted by atomic mass is 10.1. The number of H-pyrrole nitrogens is 1. The lowest BCUT2D eigenvalue weighted by molar-refractivity contribution is -0.144. The van der Waals surface area contributed by atoms with E-state index in [-0.39, 0.29) is 5.97 Å². The van der Waals surface area contributed by atoms with Crippen LogP contribution in [0.3, 0.4) is 0 Å². The second-order valence-corrected chi connectivity index (χ2v) is 4.63. The molecule has 2 N–H and O–H groups in total. The van der Waals surface area contributed by atoms with Gasteiger partial charge in [0.15, 0.2) is 0 Å². The van der Waals surface area contributed by atoms with Crippen molar-refractivity contribution < 1.29 is 9.53 Å². The molecule has 0 amide bonds. The number of ether oxygens (including phenoxy) is 1. The van der Waals surface area contributed by atoms with Gasteiger partial charge in [0, 0.05) is 6.20 Å². The van der Waals surface area contributed by atoms with Crippen molar-refractivity contribution in [3.63, 3.8) is 0 Å². The minimum atomic E-state index is -0.850. The number of aromatic amines is 1. The van der Waals surface area contributed by atoms with Crippen LogP contribution in [-0.4, -0.2) is 33.8 Å². The van der Waals surface area contributed by atoms with Crippen molar-refractivity contribution in [3.8, 4) is 11.4 Å². The molecular formula is C13H16N4O2. The highest BCUT2D eigenvalue weighted by Crippen LogP contribution is 2.17. The Morgan fingerprint density at radius 1 is 1.32 bits per heavy atom. The van der Waals surface area contributed by atoms with E-state index in [1.54, 1.807) is 19.9 Å². The maximum atomic E-state index is 11.6. The quantitative estimate of drug-likeness (QED) is 0.820. The van der Waals surface area contributed by atoms with Crippen LogP contribution >= 0.6 is 0 Å². The van der Waals surface area contributed by atoms with Crippen LogP contribution in [0.15, 0.2) is 30.5 Å². The molecule has 0 fully saturated rings. The number of hydrogen-bond acceptors (Lipinski definition) is 5. The molecule has 2 aromatic heterocycles. The summed E-state index contributed by atoms with van der Waals surface area (Å²) in [4.78, 5) is 14.6. The Kier molecular flexibility index (Phi) is 3.50. The van der Waals surface area contributed by atoms with Gasteiger partial charge >= 0.3 is 5.97 Å². The lowest BCUT2D eigenvalue weighted by Gasteiger charge is -2.23. The highest BCUT2D eigenvalue weighted by Gasteiger charge is 2.28. The molecule has 0 saturated carbocycles. The zero-order valence-corrected chi connectivity index (χ0v) is 11.1. The summed E-state index contributed by atoms with van der Waals surface area (Å²) in [7, 11) is 1.35. The van der Waals surface area contributed by atoms with E-state index in [0.29, 0.717) is 5.82 Å². The zero-order chi connectivity index (χ0) is 13.9. The number of carbonyl (C=O) groups excluding carboxylic acids is 1. The molecule has 0 aliphatic rings. The van der Waals surface area contributed by atoms with E-state index < -0.39 is 5.54 Å². The summed E-state index contributed by atoms with van der Waals surface area (Å²) >= 11 is 0. The molecule has 6 heteroatoms. The molecule has 0 aromatic carbocycles. The van der Waals surface area contributed by atoms with Crippen molar-refractivity contribution in [2.45, 2.75) is 19.4 Å². The molecule has 100 valence electrons. The van der Waals surface area contributed by atoms with Gasteiger partial charge in [-0.25, -0.2) is 4.79 Å². The van der Waals surface area contributed by atoms with E-state index in [0.717, 1.165) is 11.4 Å². The van der Waals surface area contributed by atoms with Gasteiger partial charge in [-0.2, -0.15) is 0 Å². The number of nitrogens with zero attached hydrogens (tertiary/aromatic N) is 2. The van der Waals surface area contributed by atoms with Gasteiger partial charge in [0.2, 0.25) is 0 Å². The number of anilines is 1. The minimum Gasteiger partial charge on any atom is -0.467 e. The number of esters is 1. The molecule has 0 spiro atoms. The van der Waals surface area contributed by atoms with Crippen LogP contribution in [0.1, 0.15) is 13.8 Å². The molecule has 0 saturated heterocycles. The van der Waals surface area contributed by atoms with Gasteiger partial charge in [-0.05, 0) is 38.1 Å². The molecule has 6 nitrogen and oxygen atoms in total. The van der Waals surface area contributed by atoms with Gasteiger partial charge < -0.3 is 15.0 Å². The Hall–Kier alpha value is -2.37. The van der Waals surface area contributed by atoms with E-state index in [1.165, 1.54) is 7.11 Å². The summed E-state index contributed by atoms with van der Waals surface area (Å²) in [6.07, 6.45) is 1.82. The van der Waals surface area contributed by atoms with E-state index >= 15 is 0 Å². The van der Waals surface area contributed by atoms with Crippen LogP contribution in [0, 0.1) is 0 Å². The standard InChI is InChI=1S/C13H16N4O2/c1-13(2,12(18)19-3)15-11-7-6-10(16-17-11)9-5-4-8-14-9/h4-8,14H,1-3H3,(H,15,17). The maximum absolute atomic E-state index is 11.6. The fourth-order valence-corrected chi connectivity index (χ4v) is 1.66. The van der Waals surface area contributed by atoms with Gasteiger partial charge in [-0.15, -0.1) is 10.2 Å². The molecule has 0 aliphatic carbocycles. The van der Waals surface area contributed by atoms with E-state index in [1.807, 2.05) is 24.4 Å². The molecule has 0 radical (unpaired) electrons. The summed E-state index contributed by atoms with van der Waals surface area (Å²) < 4.78 is 4.72. The number of hydrogen-bond donors (Lipinski definition) is 2. The van der Waals surface area contributed by atoms with Crippen molar-refractivity contribution in [3.05, 3.63) is 30.5 Å². The fraction of sp³-hybridized carbons (Fsp3) is 0.308. The van der Waals surface area contributed by atoms with Crippen LogP contribution in [0.2, 0.25) is 0 Å². The number of methoxy groups -OCH3 is 1. The third kappa shape index (κ3) is 2.90. The fourth-order valence-electron chi connectivity index (χ4n) is 1.66. The number of rotatable bonds is 4. The summed E-state index contributed by atoms with van der Waals surface area (Å²) in [5, 5.41) is 11.1. The van der Waals surface area contributed by atoms with E-state index in [2.05, 4.69) is 20.5 Å². The van der Waals surface area contributed by atoms with Gasteiger partial charge in [-0.1, -0.05) is 0 Å². The average Bonchev–Trinajstić information content (AvgIpc) is 2.92. The van der Waals surface area contributed by atoms with E-state index in [9.17, 15) is 4.79 Å². The second-order valence-electron chi connectivity index (χ2n) is 4.63. The molecule has 0 aliphatic heterocycles. The monoisotopic (exact) mass is 260 g/mol. The Balaban J connectivity index is 2.13. The third-order valence-corrected chi connectivity index (χ3v) is 2.67. The third-order valence-electron chi connectivity index (χ3n) is 2.67. The first kappa shape index (κ1) is 13.1. The Morgan fingerprint density at radius 3 is 2.63 bits per heavy atom. The first-order chi connectivity index (χ1) is 9.03. The SMILES string of the molecule is COC(=O)C(C)(C)Nc1ccc(-c2ccc[nH]2)nn1. The van der Waals surface area contributed by atoms with Gasteiger partial charge in [0.1, 0.15) is 17.1 Å². The van der Waals surface area contributed by atoms with Crippen LogP contribution in [0.4, 0.5) is 5.82 Å². The molecule has 19 heavy (non-hydrogen) atoms. The van der Waals surface area contributed by atoms with Gasteiger partial charge in [-0.3, -0.25) is 0 Å². The van der Waals surface area contributed by atoms with Gasteiger partial charge in [0.05, 0.1) is 12.8 Å². The largest absolute Gasteiger partial charge is 0.467 e. The van der Waals surface area contributed by atoms with Crippen LogP contribution in [-0.2, 0) is 9.53 Å². The van der Waals surface area contributed by atoms with Crippen molar-refractivity contribution in [2.75, 3.05) is 12.4 Å². The molecule has 0 bridgehead atoms. The van der Waals surface area contributed by atoms with Crippen molar-refractivity contribution >= 4 is 11.8 Å². The molecule has 0 atom stereocenters. The minimum absolute atomic E-state index is 0.359. The number of aromatic nitrogens is 3. The van der Waals surface area contributed by atoms with Gasteiger partial charge in [0.25, 0.3) is 0 Å². The Bertz CT molecular complexity index is 547. The van der Waals surface area contributed by atoms with Crippen molar-refractivity contribution in [1.29, 1.82) is 0 Å². The first-order valence-corrected chi connectivity index (χ1v) is 5.87. The molecular weight excluding hydrogens is 244 g/mol. The molecule has 2 heterocycles. The number of nitrogens with one attached hydrogen (secondary N) is 2. The van der Waals surface area contributed by atoms with Crippen LogP contribution in [0.25, 0.3) is 11.4 Å². The number of carbonyl (C=O) groups is 1. The molecule has 2 aromatic rings. The second kappa shape index (κ2) is 5.09. The topological polar surface area (TPSA) is 79.9 Å². The summed E-state index contributed by atoms with van der Waals surface area (Å²) in [6, 6.07) is 7.40. The van der Waals surface area contributed by atoms with E-state index in [4.69, 9.17) is 4.74 Å². The highest BCUT2D eigenvalue weighted by molar-refractivity contribution is 5.83. The van der Waals surface area contributed by atoms with Crippen molar-refractivity contribution in [2.24, 2.45) is 0 Å². The lowest BCUT2D eigenvalue weighted by Crippen LogP contribution is -2.41. The maximum Gasteiger partial charge on any atom is 0.330 e. The summed E-state index contributed by atoms with van der Waals surface area (Å²) in [5.74, 6) is 0.161. The normalized spacial score (nSPS) is 11.1. The highest BCUT2D eigenvalue weighted by atomic mass is 16.5. The predicted octanol–water partition coefficient (Wildman–Crippen LogP) is 1.84. The Morgan fingerprint density at radius 2 is 2.11 bits per heavy atom. The summed E-state index contributed by atoms with van der Waals surface area (Å²) in [5.41, 5.74) is 0.787. The Labute approximate surface area is 111 Å².